The fourth-order valence-electron chi connectivity index (χ4n) is 4.60. The van der Waals surface area contributed by atoms with E-state index in [0.29, 0.717) is 36.0 Å². The maximum atomic E-state index is 13.4. The van der Waals surface area contributed by atoms with E-state index in [2.05, 4.69) is 10.6 Å². The van der Waals surface area contributed by atoms with Crippen molar-refractivity contribution in [1.82, 2.24) is 10.6 Å². The highest BCUT2D eigenvalue weighted by Crippen LogP contribution is 2.25. The standard InChI is InChI=1S/C31H36ClN3O3/c32-27-14-11-24(12-15-27)17-19-34-31(37)25-13-16-29-26(21-25)22-33-18-7-2-1-3-8-20-35(29)30(36)23-38-28-9-5-4-6-10-28/h4-6,9-16,21,33H,1-3,7-8,17-20,22-23H2,(H,34,37). The number of carbonyl (C=O) groups is 2. The lowest BCUT2D eigenvalue weighted by molar-refractivity contribution is -0.120. The highest BCUT2D eigenvalue weighted by Gasteiger charge is 2.21. The van der Waals surface area contributed by atoms with E-state index >= 15 is 0 Å². The summed E-state index contributed by atoms with van der Waals surface area (Å²) in [7, 11) is 0. The molecule has 0 aromatic heterocycles. The summed E-state index contributed by atoms with van der Waals surface area (Å²) in [6.07, 6.45) is 6.17. The highest BCUT2D eigenvalue weighted by atomic mass is 35.5. The van der Waals surface area contributed by atoms with Gasteiger partial charge in [-0.25, -0.2) is 0 Å². The normalized spacial score (nSPS) is 14.5. The first kappa shape index (κ1) is 27.7. The smallest absolute Gasteiger partial charge is 0.264 e. The van der Waals surface area contributed by atoms with Gasteiger partial charge in [-0.05, 0) is 79.4 Å². The zero-order valence-electron chi connectivity index (χ0n) is 21.8. The van der Waals surface area contributed by atoms with E-state index < -0.39 is 0 Å². The molecular weight excluding hydrogens is 498 g/mol. The molecule has 0 saturated heterocycles. The van der Waals surface area contributed by atoms with Crippen molar-refractivity contribution < 1.29 is 14.3 Å². The molecule has 6 nitrogen and oxygen atoms in total. The number of nitrogens with zero attached hydrogens (tertiary/aromatic N) is 1. The fraction of sp³-hybridized carbons (Fsp3) is 0.355. The summed E-state index contributed by atoms with van der Waals surface area (Å²) in [6.45, 7) is 2.60. The minimum Gasteiger partial charge on any atom is -0.484 e. The summed E-state index contributed by atoms with van der Waals surface area (Å²) in [5.41, 5.74) is 3.46. The molecule has 0 aliphatic carbocycles. The largest absolute Gasteiger partial charge is 0.484 e. The molecule has 2 amide bonds. The number of hydrogen-bond donors (Lipinski definition) is 2. The number of ether oxygens (including phenoxy) is 1. The number of para-hydroxylation sites is 1. The van der Waals surface area contributed by atoms with E-state index in [9.17, 15) is 9.59 Å². The summed E-state index contributed by atoms with van der Waals surface area (Å²) in [4.78, 5) is 28.2. The Kier molecular flexibility index (Phi) is 10.6. The van der Waals surface area contributed by atoms with Gasteiger partial charge in [-0.1, -0.05) is 61.2 Å². The Bertz CT molecular complexity index is 1180. The second-order valence-electron chi connectivity index (χ2n) is 9.57. The topological polar surface area (TPSA) is 70.7 Å². The van der Waals surface area contributed by atoms with Gasteiger partial charge in [-0.15, -0.1) is 0 Å². The van der Waals surface area contributed by atoms with Gasteiger partial charge >= 0.3 is 0 Å². The van der Waals surface area contributed by atoms with Crippen LogP contribution >= 0.6 is 11.6 Å². The third-order valence-electron chi connectivity index (χ3n) is 6.70. The Morgan fingerprint density at radius 1 is 0.921 bits per heavy atom. The van der Waals surface area contributed by atoms with Crippen molar-refractivity contribution in [3.8, 4) is 5.75 Å². The monoisotopic (exact) mass is 533 g/mol. The van der Waals surface area contributed by atoms with Crippen molar-refractivity contribution in [2.24, 2.45) is 0 Å². The van der Waals surface area contributed by atoms with Crippen molar-refractivity contribution in [3.63, 3.8) is 0 Å². The zero-order valence-corrected chi connectivity index (χ0v) is 22.5. The average Bonchev–Trinajstić information content (AvgIpc) is 2.93. The molecule has 0 radical (unpaired) electrons. The number of hydrogen-bond acceptors (Lipinski definition) is 4. The van der Waals surface area contributed by atoms with Crippen molar-refractivity contribution >= 4 is 29.1 Å². The predicted molar refractivity (Wildman–Crippen MR) is 153 cm³/mol. The van der Waals surface area contributed by atoms with Crippen LogP contribution in [0.25, 0.3) is 0 Å². The Morgan fingerprint density at radius 2 is 1.68 bits per heavy atom. The molecule has 3 aromatic carbocycles. The summed E-state index contributed by atoms with van der Waals surface area (Å²) >= 11 is 5.96. The molecule has 1 aliphatic rings. The minimum absolute atomic E-state index is 0.0379. The number of amides is 2. The summed E-state index contributed by atoms with van der Waals surface area (Å²) in [6, 6.07) is 22.6. The molecule has 2 N–H and O–H groups in total. The highest BCUT2D eigenvalue weighted by molar-refractivity contribution is 6.30. The van der Waals surface area contributed by atoms with Crippen LogP contribution in [0.1, 0.15) is 53.6 Å². The van der Waals surface area contributed by atoms with Gasteiger partial charge in [-0.2, -0.15) is 0 Å². The van der Waals surface area contributed by atoms with Crippen LogP contribution in [0.2, 0.25) is 5.02 Å². The number of carbonyl (C=O) groups excluding carboxylic acids is 2. The SMILES string of the molecule is O=C(NCCc1ccc(Cl)cc1)c1ccc2c(c1)CNCCCCCCCN2C(=O)COc1ccccc1. The number of anilines is 1. The molecule has 1 aliphatic heterocycles. The quantitative estimate of drug-likeness (QED) is 0.404. The van der Waals surface area contributed by atoms with E-state index in [1.807, 2.05) is 71.6 Å². The van der Waals surface area contributed by atoms with Gasteiger partial charge < -0.3 is 20.3 Å². The van der Waals surface area contributed by atoms with Gasteiger partial charge in [0.2, 0.25) is 0 Å². The fourth-order valence-corrected chi connectivity index (χ4v) is 4.72. The zero-order chi connectivity index (χ0) is 26.6. The third-order valence-corrected chi connectivity index (χ3v) is 6.95. The molecule has 0 bridgehead atoms. The molecule has 4 rings (SSSR count). The van der Waals surface area contributed by atoms with Crippen molar-refractivity contribution in [2.45, 2.75) is 45.1 Å². The van der Waals surface area contributed by atoms with Crippen molar-refractivity contribution in [2.75, 3.05) is 31.1 Å². The molecule has 38 heavy (non-hydrogen) atoms. The van der Waals surface area contributed by atoms with E-state index in [0.717, 1.165) is 55.5 Å². The van der Waals surface area contributed by atoms with Gasteiger partial charge in [0.25, 0.3) is 11.8 Å². The molecule has 3 aromatic rings. The number of fused-ring (bicyclic) bond motifs is 1. The second-order valence-corrected chi connectivity index (χ2v) is 10.0. The lowest BCUT2D eigenvalue weighted by Gasteiger charge is -2.26. The van der Waals surface area contributed by atoms with Gasteiger partial charge in [0.15, 0.2) is 6.61 Å². The van der Waals surface area contributed by atoms with Crippen LogP contribution in [0.3, 0.4) is 0 Å². The van der Waals surface area contributed by atoms with Crippen LogP contribution in [-0.2, 0) is 17.8 Å². The van der Waals surface area contributed by atoms with Gasteiger partial charge in [-0.3, -0.25) is 9.59 Å². The van der Waals surface area contributed by atoms with Crippen LogP contribution in [0, 0.1) is 0 Å². The van der Waals surface area contributed by atoms with E-state index in [1.165, 1.54) is 6.42 Å². The molecule has 200 valence electrons. The Balaban J connectivity index is 1.48. The van der Waals surface area contributed by atoms with Gasteiger partial charge in [0.05, 0.1) is 0 Å². The number of benzene rings is 3. The molecule has 0 fully saturated rings. The molecular formula is C31H36ClN3O3. The van der Waals surface area contributed by atoms with E-state index in [-0.39, 0.29) is 18.4 Å². The number of halogens is 1. The summed E-state index contributed by atoms with van der Waals surface area (Å²) in [5, 5.41) is 7.22. The lowest BCUT2D eigenvalue weighted by atomic mass is 10.0. The maximum Gasteiger partial charge on any atom is 0.264 e. The molecule has 1 heterocycles. The number of rotatable bonds is 7. The van der Waals surface area contributed by atoms with Crippen molar-refractivity contribution in [3.05, 3.63) is 94.5 Å². The number of nitrogens with one attached hydrogen (secondary N) is 2. The maximum absolute atomic E-state index is 13.4. The molecule has 0 atom stereocenters. The van der Waals surface area contributed by atoms with Crippen molar-refractivity contribution in [1.29, 1.82) is 0 Å². The molecule has 0 unspecified atom stereocenters. The molecule has 0 saturated carbocycles. The first-order chi connectivity index (χ1) is 18.6. The molecule has 0 spiro atoms. The first-order valence-corrected chi connectivity index (χ1v) is 13.8. The second kappa shape index (κ2) is 14.6. The Hall–Kier alpha value is -3.35. The minimum atomic E-state index is -0.127. The molecule has 7 heteroatoms. The summed E-state index contributed by atoms with van der Waals surface area (Å²) < 4.78 is 5.78. The first-order valence-electron chi connectivity index (χ1n) is 13.4. The van der Waals surface area contributed by atoms with E-state index in [1.54, 1.807) is 6.07 Å². The summed E-state index contributed by atoms with van der Waals surface area (Å²) in [5.74, 6) is 0.452. The average molecular weight is 534 g/mol. The van der Waals surface area contributed by atoms with Gasteiger partial charge in [0, 0.05) is 35.9 Å². The van der Waals surface area contributed by atoms with Crippen LogP contribution < -0.4 is 20.3 Å². The van der Waals surface area contributed by atoms with Crippen LogP contribution in [-0.4, -0.2) is 38.1 Å². The third kappa shape index (κ3) is 8.33. The van der Waals surface area contributed by atoms with Gasteiger partial charge in [0.1, 0.15) is 5.75 Å². The van der Waals surface area contributed by atoms with E-state index in [4.69, 9.17) is 16.3 Å². The van der Waals surface area contributed by atoms with Crippen LogP contribution in [0.15, 0.2) is 72.8 Å². The lowest BCUT2D eigenvalue weighted by Crippen LogP contribution is -2.37. The van der Waals surface area contributed by atoms with Crippen LogP contribution in [0.4, 0.5) is 5.69 Å². The Morgan fingerprint density at radius 3 is 2.50 bits per heavy atom. The Labute approximate surface area is 230 Å². The van der Waals surface area contributed by atoms with Crippen LogP contribution in [0.5, 0.6) is 5.75 Å². The predicted octanol–water partition coefficient (Wildman–Crippen LogP) is 5.78.